The number of hydrogen-bond acceptors (Lipinski definition) is 6. The Morgan fingerprint density at radius 2 is 1.89 bits per heavy atom. The van der Waals surface area contributed by atoms with E-state index in [2.05, 4.69) is 20.1 Å². The molecule has 0 bridgehead atoms. The number of aromatic nitrogens is 3. The highest BCUT2D eigenvalue weighted by Gasteiger charge is 2.35. The summed E-state index contributed by atoms with van der Waals surface area (Å²) >= 11 is 1.11. The third kappa shape index (κ3) is 4.31. The highest BCUT2D eigenvalue weighted by atomic mass is 32.2. The zero-order chi connectivity index (χ0) is 20.5. The molecule has 2 heterocycles. The molecule has 0 aliphatic rings. The predicted octanol–water partition coefficient (Wildman–Crippen LogP) is 2.95. The van der Waals surface area contributed by atoms with Gasteiger partial charge in [0.25, 0.3) is 15.9 Å². The molecule has 0 spiro atoms. The van der Waals surface area contributed by atoms with E-state index in [4.69, 9.17) is 0 Å². The molecule has 3 rings (SSSR count). The molecule has 28 heavy (non-hydrogen) atoms. The van der Waals surface area contributed by atoms with Gasteiger partial charge in [-0.05, 0) is 24.3 Å². The van der Waals surface area contributed by atoms with E-state index in [1.54, 1.807) is 5.38 Å². The quantitative estimate of drug-likeness (QED) is 0.646. The average molecular weight is 431 g/mol. The molecule has 148 valence electrons. The number of halogens is 3. The molecule has 0 atom stereocenters. The second-order valence-electron chi connectivity index (χ2n) is 5.46. The van der Waals surface area contributed by atoms with Crippen molar-refractivity contribution in [1.29, 1.82) is 0 Å². The third-order valence-electron chi connectivity index (χ3n) is 3.48. The first-order chi connectivity index (χ1) is 13.1. The molecular weight excluding hydrogens is 419 g/mol. The van der Waals surface area contributed by atoms with Crippen LogP contribution in [-0.2, 0) is 23.2 Å². The molecule has 13 heteroatoms. The summed E-state index contributed by atoms with van der Waals surface area (Å²) < 4.78 is 65.7. The van der Waals surface area contributed by atoms with E-state index in [1.165, 1.54) is 30.5 Å². The van der Waals surface area contributed by atoms with E-state index in [0.29, 0.717) is 10.7 Å². The highest BCUT2D eigenvalue weighted by molar-refractivity contribution is 7.93. The molecule has 2 N–H and O–H groups in total. The summed E-state index contributed by atoms with van der Waals surface area (Å²) in [5.74, 6) is -0.859. The van der Waals surface area contributed by atoms with Gasteiger partial charge in [0.15, 0.2) is 10.8 Å². The van der Waals surface area contributed by atoms with Crippen LogP contribution in [0.1, 0.15) is 16.2 Å². The van der Waals surface area contributed by atoms with Crippen molar-refractivity contribution in [2.45, 2.75) is 11.1 Å². The van der Waals surface area contributed by atoms with Crippen molar-refractivity contribution in [1.82, 2.24) is 14.8 Å². The maximum atomic E-state index is 12.8. The highest BCUT2D eigenvalue weighted by Crippen LogP contribution is 2.29. The lowest BCUT2D eigenvalue weighted by atomic mass is 10.3. The summed E-state index contributed by atoms with van der Waals surface area (Å²) in [6.45, 7) is 0. The molecule has 0 saturated heterocycles. The molecule has 0 saturated carbocycles. The number of amides is 1. The third-order valence-corrected chi connectivity index (χ3v) is 5.65. The van der Waals surface area contributed by atoms with Crippen molar-refractivity contribution in [2.75, 3.05) is 10.0 Å². The number of carbonyl (C=O) groups excluding carboxylic acids is 1. The maximum Gasteiger partial charge on any atom is 0.433 e. The first kappa shape index (κ1) is 19.8. The summed E-state index contributed by atoms with van der Waals surface area (Å²) in [6.07, 6.45) is -3.19. The second-order valence-corrected chi connectivity index (χ2v) is 8.03. The van der Waals surface area contributed by atoms with E-state index in [-0.39, 0.29) is 15.7 Å². The van der Waals surface area contributed by atoms with E-state index in [9.17, 15) is 26.4 Å². The monoisotopic (exact) mass is 431 g/mol. The van der Waals surface area contributed by atoms with Crippen LogP contribution >= 0.6 is 11.3 Å². The van der Waals surface area contributed by atoms with Gasteiger partial charge in [-0.25, -0.2) is 13.4 Å². The van der Waals surface area contributed by atoms with Crippen LogP contribution in [0.4, 0.5) is 24.0 Å². The van der Waals surface area contributed by atoms with Gasteiger partial charge in [0.1, 0.15) is 5.69 Å². The molecule has 3 aromatic rings. The first-order valence-corrected chi connectivity index (χ1v) is 9.87. The first-order valence-electron chi connectivity index (χ1n) is 7.51. The molecule has 2 aromatic heterocycles. The minimum Gasteiger partial charge on any atom is -0.321 e. The Bertz CT molecular complexity index is 1090. The number of carbonyl (C=O) groups is 1. The molecule has 0 aliphatic carbocycles. The number of rotatable bonds is 5. The normalized spacial score (nSPS) is 12.0. The summed E-state index contributed by atoms with van der Waals surface area (Å²) in [6, 6.07) is 5.73. The van der Waals surface area contributed by atoms with Crippen LogP contribution in [0.5, 0.6) is 0 Å². The Labute approximate surface area is 161 Å². The van der Waals surface area contributed by atoms with Gasteiger partial charge in [-0.1, -0.05) is 0 Å². The minimum atomic E-state index is -4.64. The van der Waals surface area contributed by atoms with Crippen LogP contribution in [-0.4, -0.2) is 29.1 Å². The molecular formula is C15H12F3N5O3S2. The molecule has 0 fully saturated rings. The van der Waals surface area contributed by atoms with E-state index in [1.807, 2.05) is 0 Å². The molecule has 0 unspecified atom stereocenters. The summed E-state index contributed by atoms with van der Waals surface area (Å²) in [5.41, 5.74) is -1.29. The number of hydrogen-bond donors (Lipinski definition) is 2. The van der Waals surface area contributed by atoms with Crippen LogP contribution in [0.15, 0.2) is 46.8 Å². The fraction of sp³-hybridized carbons (Fsp3) is 0.133. The Balaban J connectivity index is 1.73. The molecule has 0 aliphatic heterocycles. The topological polar surface area (TPSA) is 106 Å². The Hall–Kier alpha value is -2.93. The standard InChI is InChI=1S/C15H12F3N5O3S2/c1-23-12(15(16,17)18)8-11(21-23)13(24)20-9-2-4-10(5-3-9)28(25,26)22-14-19-6-7-27-14/h2-8H,1H3,(H,19,22)(H,20,24). The molecule has 8 nitrogen and oxygen atoms in total. The zero-order valence-electron chi connectivity index (χ0n) is 14.1. The largest absolute Gasteiger partial charge is 0.433 e. The molecule has 0 radical (unpaired) electrons. The number of sulfonamides is 1. The van der Waals surface area contributed by atoms with Gasteiger partial charge in [-0.2, -0.15) is 18.3 Å². The van der Waals surface area contributed by atoms with Crippen molar-refractivity contribution in [3.05, 3.63) is 53.3 Å². The van der Waals surface area contributed by atoms with E-state index < -0.39 is 33.5 Å². The van der Waals surface area contributed by atoms with Gasteiger partial charge in [-0.3, -0.25) is 14.2 Å². The van der Waals surface area contributed by atoms with Crippen LogP contribution in [0.25, 0.3) is 0 Å². The molecule has 1 amide bonds. The van der Waals surface area contributed by atoms with Crippen LogP contribution in [0, 0.1) is 0 Å². The van der Waals surface area contributed by atoms with Gasteiger partial charge in [-0.15, -0.1) is 11.3 Å². The van der Waals surface area contributed by atoms with E-state index in [0.717, 1.165) is 18.4 Å². The lowest BCUT2D eigenvalue weighted by molar-refractivity contribution is -0.143. The number of benzene rings is 1. The predicted molar refractivity (Wildman–Crippen MR) is 95.5 cm³/mol. The lowest BCUT2D eigenvalue weighted by Gasteiger charge is -2.07. The summed E-state index contributed by atoms with van der Waals surface area (Å²) in [4.78, 5) is 15.9. The fourth-order valence-electron chi connectivity index (χ4n) is 2.20. The smallest absolute Gasteiger partial charge is 0.321 e. The van der Waals surface area contributed by atoms with Crippen LogP contribution in [0.3, 0.4) is 0 Å². The second kappa shape index (κ2) is 7.24. The Morgan fingerprint density at radius 3 is 2.43 bits per heavy atom. The lowest BCUT2D eigenvalue weighted by Crippen LogP contribution is -2.14. The van der Waals surface area contributed by atoms with Gasteiger partial charge in [0.2, 0.25) is 0 Å². The maximum absolute atomic E-state index is 12.8. The Morgan fingerprint density at radius 1 is 1.21 bits per heavy atom. The van der Waals surface area contributed by atoms with Crippen LogP contribution in [0.2, 0.25) is 0 Å². The number of anilines is 2. The van der Waals surface area contributed by atoms with Crippen molar-refractivity contribution in [3.8, 4) is 0 Å². The van der Waals surface area contributed by atoms with Gasteiger partial charge in [0, 0.05) is 30.4 Å². The van der Waals surface area contributed by atoms with Gasteiger partial charge < -0.3 is 5.32 Å². The summed E-state index contributed by atoms with van der Waals surface area (Å²) in [7, 11) is -2.78. The van der Waals surface area contributed by atoms with Gasteiger partial charge in [0.05, 0.1) is 4.90 Å². The number of thiazole rings is 1. The summed E-state index contributed by atoms with van der Waals surface area (Å²) in [5, 5.41) is 7.72. The zero-order valence-corrected chi connectivity index (χ0v) is 15.7. The Kier molecular flexibility index (Phi) is 5.12. The van der Waals surface area contributed by atoms with Crippen molar-refractivity contribution >= 4 is 38.1 Å². The number of nitrogens with one attached hydrogen (secondary N) is 2. The number of nitrogens with zero attached hydrogens (tertiary/aromatic N) is 3. The van der Waals surface area contributed by atoms with E-state index >= 15 is 0 Å². The number of alkyl halides is 3. The van der Waals surface area contributed by atoms with Crippen molar-refractivity contribution in [3.63, 3.8) is 0 Å². The van der Waals surface area contributed by atoms with Gasteiger partial charge >= 0.3 is 6.18 Å². The average Bonchev–Trinajstić information content (AvgIpc) is 3.24. The van der Waals surface area contributed by atoms with Crippen molar-refractivity contribution in [2.24, 2.45) is 7.05 Å². The van der Waals surface area contributed by atoms with Crippen LogP contribution < -0.4 is 10.0 Å². The minimum absolute atomic E-state index is 0.0714. The number of aryl methyl sites for hydroxylation is 1. The fourth-order valence-corrected chi connectivity index (χ4v) is 3.99. The SMILES string of the molecule is Cn1nc(C(=O)Nc2ccc(S(=O)(=O)Nc3nccs3)cc2)cc1C(F)(F)F. The van der Waals surface area contributed by atoms with Crippen molar-refractivity contribution < 1.29 is 26.4 Å². The molecule has 1 aromatic carbocycles.